The van der Waals surface area contributed by atoms with Crippen molar-refractivity contribution >= 4 is 17.6 Å². The SMILES string of the molecule is CC(CC(=O)O)Nc1ccccc1C(N)=O. The number of aliphatic carboxylic acids is 1. The van der Waals surface area contributed by atoms with Gasteiger partial charge in [0.05, 0.1) is 12.0 Å². The van der Waals surface area contributed by atoms with Crippen LogP contribution in [0.25, 0.3) is 0 Å². The molecule has 5 nitrogen and oxygen atoms in total. The molecular weight excluding hydrogens is 208 g/mol. The van der Waals surface area contributed by atoms with E-state index in [0.717, 1.165) is 0 Å². The first-order valence-electron chi connectivity index (χ1n) is 4.88. The fraction of sp³-hybridized carbons (Fsp3) is 0.273. The highest BCUT2D eigenvalue weighted by molar-refractivity contribution is 5.98. The van der Waals surface area contributed by atoms with Crippen LogP contribution < -0.4 is 11.1 Å². The van der Waals surface area contributed by atoms with Crippen LogP contribution >= 0.6 is 0 Å². The van der Waals surface area contributed by atoms with E-state index in [4.69, 9.17) is 10.8 Å². The molecule has 0 spiro atoms. The van der Waals surface area contributed by atoms with Crippen LogP contribution in [0.5, 0.6) is 0 Å². The summed E-state index contributed by atoms with van der Waals surface area (Å²) in [7, 11) is 0. The Kier molecular flexibility index (Phi) is 3.88. The zero-order valence-corrected chi connectivity index (χ0v) is 8.93. The van der Waals surface area contributed by atoms with Gasteiger partial charge in [-0.2, -0.15) is 0 Å². The Labute approximate surface area is 93.3 Å². The number of carboxylic acid groups (broad SMARTS) is 1. The monoisotopic (exact) mass is 222 g/mol. The summed E-state index contributed by atoms with van der Waals surface area (Å²) < 4.78 is 0. The second-order valence-corrected chi connectivity index (χ2v) is 3.55. The van der Waals surface area contributed by atoms with E-state index in [1.165, 1.54) is 0 Å². The Hall–Kier alpha value is -2.04. The molecule has 0 aliphatic carbocycles. The first kappa shape index (κ1) is 12.0. The number of carbonyl (C=O) groups is 2. The van der Waals surface area contributed by atoms with Crippen molar-refractivity contribution in [1.82, 2.24) is 0 Å². The summed E-state index contributed by atoms with van der Waals surface area (Å²) in [6, 6.07) is 6.48. The summed E-state index contributed by atoms with van der Waals surface area (Å²) in [4.78, 5) is 21.6. The Morgan fingerprint density at radius 2 is 2.06 bits per heavy atom. The molecule has 1 unspecified atom stereocenters. The van der Waals surface area contributed by atoms with Crippen LogP contribution in [0.4, 0.5) is 5.69 Å². The molecule has 0 aliphatic heterocycles. The smallest absolute Gasteiger partial charge is 0.305 e. The van der Waals surface area contributed by atoms with Crippen LogP contribution in [0.3, 0.4) is 0 Å². The van der Waals surface area contributed by atoms with Gasteiger partial charge in [0.1, 0.15) is 0 Å². The maximum Gasteiger partial charge on any atom is 0.305 e. The molecule has 4 N–H and O–H groups in total. The van der Waals surface area contributed by atoms with Gasteiger partial charge in [-0.05, 0) is 19.1 Å². The minimum Gasteiger partial charge on any atom is -0.481 e. The van der Waals surface area contributed by atoms with E-state index in [0.29, 0.717) is 11.3 Å². The normalized spacial score (nSPS) is 11.8. The van der Waals surface area contributed by atoms with Gasteiger partial charge in [-0.25, -0.2) is 0 Å². The van der Waals surface area contributed by atoms with Crippen LogP contribution in [0.15, 0.2) is 24.3 Å². The van der Waals surface area contributed by atoms with Crippen molar-refractivity contribution in [2.24, 2.45) is 5.73 Å². The summed E-state index contributed by atoms with van der Waals surface area (Å²) in [6.45, 7) is 1.73. The number of nitrogens with one attached hydrogen (secondary N) is 1. The molecule has 5 heteroatoms. The van der Waals surface area contributed by atoms with Gasteiger partial charge < -0.3 is 16.2 Å². The van der Waals surface area contributed by atoms with Gasteiger partial charge in [0.2, 0.25) is 0 Å². The molecule has 0 heterocycles. The molecule has 1 aromatic rings. The number of hydrogen-bond acceptors (Lipinski definition) is 3. The molecule has 1 aromatic carbocycles. The molecule has 0 aliphatic rings. The highest BCUT2D eigenvalue weighted by Gasteiger charge is 2.11. The average molecular weight is 222 g/mol. The number of hydrogen-bond donors (Lipinski definition) is 3. The largest absolute Gasteiger partial charge is 0.481 e. The van der Waals surface area contributed by atoms with E-state index in [-0.39, 0.29) is 12.5 Å². The van der Waals surface area contributed by atoms with Crippen LogP contribution in [-0.2, 0) is 4.79 Å². The van der Waals surface area contributed by atoms with Gasteiger partial charge in [-0.15, -0.1) is 0 Å². The van der Waals surface area contributed by atoms with Crippen LogP contribution in [0.2, 0.25) is 0 Å². The van der Waals surface area contributed by atoms with E-state index >= 15 is 0 Å². The van der Waals surface area contributed by atoms with Crippen molar-refractivity contribution in [3.8, 4) is 0 Å². The van der Waals surface area contributed by atoms with Crippen molar-refractivity contribution in [3.05, 3.63) is 29.8 Å². The maximum absolute atomic E-state index is 11.1. The summed E-state index contributed by atoms with van der Waals surface area (Å²) >= 11 is 0. The zero-order chi connectivity index (χ0) is 12.1. The number of nitrogens with two attached hydrogens (primary N) is 1. The van der Waals surface area contributed by atoms with Crippen LogP contribution in [-0.4, -0.2) is 23.0 Å². The minimum absolute atomic E-state index is 0.0207. The molecule has 0 bridgehead atoms. The Morgan fingerprint density at radius 3 is 2.62 bits per heavy atom. The summed E-state index contributed by atoms with van der Waals surface area (Å²) in [5.74, 6) is -1.43. The van der Waals surface area contributed by atoms with Gasteiger partial charge in [0.15, 0.2) is 0 Å². The fourth-order valence-corrected chi connectivity index (χ4v) is 1.40. The number of rotatable bonds is 5. The van der Waals surface area contributed by atoms with Crippen molar-refractivity contribution in [2.45, 2.75) is 19.4 Å². The van der Waals surface area contributed by atoms with Crippen LogP contribution in [0, 0.1) is 0 Å². The summed E-state index contributed by atoms with van der Waals surface area (Å²) in [6.07, 6.45) is -0.0207. The third-order valence-electron chi connectivity index (χ3n) is 2.08. The highest BCUT2D eigenvalue weighted by Crippen LogP contribution is 2.16. The second-order valence-electron chi connectivity index (χ2n) is 3.55. The summed E-state index contributed by atoms with van der Waals surface area (Å²) in [5.41, 5.74) is 6.12. The Balaban J connectivity index is 2.80. The summed E-state index contributed by atoms with van der Waals surface area (Å²) in [5, 5.41) is 11.6. The molecule has 1 atom stereocenters. The fourth-order valence-electron chi connectivity index (χ4n) is 1.40. The van der Waals surface area contributed by atoms with E-state index in [9.17, 15) is 9.59 Å². The number of benzene rings is 1. The first-order chi connectivity index (χ1) is 7.50. The van der Waals surface area contributed by atoms with Crippen LogP contribution in [0.1, 0.15) is 23.7 Å². The third-order valence-corrected chi connectivity index (χ3v) is 2.08. The number of carbonyl (C=O) groups excluding carboxylic acids is 1. The van der Waals surface area contributed by atoms with Gasteiger partial charge in [0, 0.05) is 11.7 Å². The number of primary amides is 1. The molecule has 16 heavy (non-hydrogen) atoms. The number of para-hydroxylation sites is 1. The van der Waals surface area contributed by atoms with E-state index < -0.39 is 11.9 Å². The van der Waals surface area contributed by atoms with Gasteiger partial charge in [-0.1, -0.05) is 12.1 Å². The molecule has 0 saturated carbocycles. The molecule has 0 radical (unpaired) electrons. The second kappa shape index (κ2) is 5.16. The molecule has 0 fully saturated rings. The average Bonchev–Trinajstić information content (AvgIpc) is 2.16. The predicted octanol–water partition coefficient (Wildman–Crippen LogP) is 1.06. The van der Waals surface area contributed by atoms with Crippen molar-refractivity contribution < 1.29 is 14.7 Å². The maximum atomic E-state index is 11.1. The Bertz CT molecular complexity index is 404. The minimum atomic E-state index is -0.892. The number of anilines is 1. The predicted molar refractivity (Wildman–Crippen MR) is 60.3 cm³/mol. The molecule has 1 rings (SSSR count). The Morgan fingerprint density at radius 1 is 1.44 bits per heavy atom. The van der Waals surface area contributed by atoms with Crippen molar-refractivity contribution in [2.75, 3.05) is 5.32 Å². The molecule has 0 saturated heterocycles. The quantitative estimate of drug-likeness (QED) is 0.694. The number of amides is 1. The van der Waals surface area contributed by atoms with E-state index in [1.807, 2.05) is 0 Å². The van der Waals surface area contributed by atoms with Crippen molar-refractivity contribution in [1.29, 1.82) is 0 Å². The lowest BCUT2D eigenvalue weighted by atomic mass is 10.1. The first-order valence-corrected chi connectivity index (χ1v) is 4.88. The lowest BCUT2D eigenvalue weighted by Crippen LogP contribution is -2.22. The van der Waals surface area contributed by atoms with Gasteiger partial charge in [-0.3, -0.25) is 9.59 Å². The molecule has 86 valence electrons. The molecule has 0 aromatic heterocycles. The van der Waals surface area contributed by atoms with Gasteiger partial charge >= 0.3 is 5.97 Å². The molecular formula is C11H14N2O3. The standard InChI is InChI=1S/C11H14N2O3/c1-7(6-10(14)15)13-9-5-3-2-4-8(9)11(12)16/h2-5,7,13H,6H2,1H3,(H2,12,16)(H,14,15). The van der Waals surface area contributed by atoms with Crippen molar-refractivity contribution in [3.63, 3.8) is 0 Å². The molecule has 1 amide bonds. The topological polar surface area (TPSA) is 92.4 Å². The zero-order valence-electron chi connectivity index (χ0n) is 8.93. The lowest BCUT2D eigenvalue weighted by Gasteiger charge is -2.15. The number of carboxylic acids is 1. The van der Waals surface area contributed by atoms with Gasteiger partial charge in [0.25, 0.3) is 5.91 Å². The lowest BCUT2D eigenvalue weighted by molar-refractivity contribution is -0.137. The van der Waals surface area contributed by atoms with E-state index in [2.05, 4.69) is 5.32 Å². The third kappa shape index (κ3) is 3.27. The highest BCUT2D eigenvalue weighted by atomic mass is 16.4. The van der Waals surface area contributed by atoms with E-state index in [1.54, 1.807) is 31.2 Å².